The largest absolute Gasteiger partial charge is 0.198 e. The SMILES string of the molecule is N#CCc1ccc(Cl)cc1Br. The summed E-state index contributed by atoms with van der Waals surface area (Å²) in [5.41, 5.74) is 0.969. The van der Waals surface area contributed by atoms with Gasteiger partial charge in [-0.05, 0) is 17.7 Å². The number of hydrogen-bond donors (Lipinski definition) is 0. The van der Waals surface area contributed by atoms with Gasteiger partial charge in [0, 0.05) is 9.50 Å². The third kappa shape index (κ3) is 2.21. The van der Waals surface area contributed by atoms with Gasteiger partial charge in [-0.3, -0.25) is 0 Å². The lowest BCUT2D eigenvalue weighted by Crippen LogP contribution is -1.82. The first kappa shape index (κ1) is 8.58. The summed E-state index contributed by atoms with van der Waals surface area (Å²) >= 11 is 9.02. The molecule has 0 aliphatic rings. The van der Waals surface area contributed by atoms with Crippen LogP contribution in [0.4, 0.5) is 0 Å². The van der Waals surface area contributed by atoms with Gasteiger partial charge in [0.2, 0.25) is 0 Å². The minimum absolute atomic E-state index is 0.414. The fourth-order valence-electron chi connectivity index (χ4n) is 0.750. The molecule has 0 spiro atoms. The number of nitriles is 1. The van der Waals surface area contributed by atoms with Gasteiger partial charge in [0.05, 0.1) is 12.5 Å². The van der Waals surface area contributed by atoms with E-state index in [4.69, 9.17) is 16.9 Å². The molecule has 1 nitrogen and oxygen atoms in total. The average Bonchev–Trinajstić information content (AvgIpc) is 1.95. The molecule has 0 unspecified atom stereocenters. The molecular weight excluding hydrogens is 225 g/mol. The Morgan fingerprint density at radius 1 is 1.55 bits per heavy atom. The molecule has 0 N–H and O–H groups in total. The molecule has 56 valence electrons. The van der Waals surface area contributed by atoms with E-state index in [1.807, 2.05) is 6.07 Å². The lowest BCUT2D eigenvalue weighted by atomic mass is 10.2. The van der Waals surface area contributed by atoms with E-state index in [9.17, 15) is 0 Å². The van der Waals surface area contributed by atoms with Crippen molar-refractivity contribution in [2.24, 2.45) is 0 Å². The van der Waals surface area contributed by atoms with E-state index in [-0.39, 0.29) is 0 Å². The monoisotopic (exact) mass is 229 g/mol. The topological polar surface area (TPSA) is 23.8 Å². The normalized spacial score (nSPS) is 9.18. The minimum Gasteiger partial charge on any atom is -0.198 e. The van der Waals surface area contributed by atoms with Crippen LogP contribution in [0.25, 0.3) is 0 Å². The molecule has 0 aliphatic carbocycles. The molecule has 0 aromatic heterocycles. The Bertz CT molecular complexity index is 303. The van der Waals surface area contributed by atoms with Crippen LogP contribution in [0.1, 0.15) is 5.56 Å². The second kappa shape index (κ2) is 3.75. The van der Waals surface area contributed by atoms with E-state index in [2.05, 4.69) is 22.0 Å². The predicted molar refractivity (Wildman–Crippen MR) is 48.5 cm³/mol. The third-order valence-corrected chi connectivity index (χ3v) is 2.26. The Labute approximate surface area is 78.7 Å². The van der Waals surface area contributed by atoms with E-state index in [0.717, 1.165) is 10.0 Å². The molecule has 0 amide bonds. The van der Waals surface area contributed by atoms with Crippen LogP contribution in [0.5, 0.6) is 0 Å². The molecule has 0 saturated carbocycles. The van der Waals surface area contributed by atoms with Gasteiger partial charge in [-0.15, -0.1) is 0 Å². The molecule has 1 aromatic carbocycles. The van der Waals surface area contributed by atoms with Gasteiger partial charge in [0.1, 0.15) is 0 Å². The van der Waals surface area contributed by atoms with Crippen molar-refractivity contribution in [3.63, 3.8) is 0 Å². The average molecular weight is 230 g/mol. The first-order chi connectivity index (χ1) is 5.24. The Morgan fingerprint density at radius 2 is 2.27 bits per heavy atom. The summed E-state index contributed by atoms with van der Waals surface area (Å²) in [4.78, 5) is 0. The highest BCUT2D eigenvalue weighted by Crippen LogP contribution is 2.21. The molecule has 0 aliphatic heterocycles. The summed E-state index contributed by atoms with van der Waals surface area (Å²) in [5.74, 6) is 0. The maximum Gasteiger partial charge on any atom is 0.0670 e. The molecule has 0 radical (unpaired) electrons. The second-order valence-electron chi connectivity index (χ2n) is 2.07. The first-order valence-corrected chi connectivity index (χ1v) is 4.22. The second-order valence-corrected chi connectivity index (χ2v) is 3.36. The van der Waals surface area contributed by atoms with Crippen molar-refractivity contribution in [2.45, 2.75) is 6.42 Å². The molecule has 0 heterocycles. The minimum atomic E-state index is 0.414. The van der Waals surface area contributed by atoms with Gasteiger partial charge in [0.25, 0.3) is 0 Å². The van der Waals surface area contributed by atoms with Crippen LogP contribution < -0.4 is 0 Å². The van der Waals surface area contributed by atoms with Crippen molar-refractivity contribution in [1.29, 1.82) is 5.26 Å². The van der Waals surface area contributed by atoms with Gasteiger partial charge >= 0.3 is 0 Å². The molecule has 0 atom stereocenters. The number of benzene rings is 1. The van der Waals surface area contributed by atoms with Crippen LogP contribution in [0.2, 0.25) is 5.02 Å². The van der Waals surface area contributed by atoms with Gasteiger partial charge in [0.15, 0.2) is 0 Å². The van der Waals surface area contributed by atoms with Crippen molar-refractivity contribution in [3.8, 4) is 6.07 Å². The fraction of sp³-hybridized carbons (Fsp3) is 0.125. The van der Waals surface area contributed by atoms with Crippen LogP contribution in [0, 0.1) is 11.3 Å². The zero-order valence-electron chi connectivity index (χ0n) is 5.64. The maximum atomic E-state index is 8.41. The highest BCUT2D eigenvalue weighted by atomic mass is 79.9. The summed E-state index contributed by atoms with van der Waals surface area (Å²) in [5, 5.41) is 9.09. The van der Waals surface area contributed by atoms with Crippen molar-refractivity contribution < 1.29 is 0 Å². The fourth-order valence-corrected chi connectivity index (χ4v) is 1.57. The van der Waals surface area contributed by atoms with E-state index < -0.39 is 0 Å². The van der Waals surface area contributed by atoms with Crippen molar-refractivity contribution in [1.82, 2.24) is 0 Å². The predicted octanol–water partition coefficient (Wildman–Crippen LogP) is 3.17. The molecule has 11 heavy (non-hydrogen) atoms. The van der Waals surface area contributed by atoms with Crippen molar-refractivity contribution in [2.75, 3.05) is 0 Å². The smallest absolute Gasteiger partial charge is 0.0670 e. The molecule has 0 saturated heterocycles. The zero-order valence-corrected chi connectivity index (χ0v) is 7.98. The van der Waals surface area contributed by atoms with Gasteiger partial charge < -0.3 is 0 Å². The summed E-state index contributed by atoms with van der Waals surface area (Å²) in [7, 11) is 0. The quantitative estimate of drug-likeness (QED) is 0.727. The molecular formula is C8H5BrClN. The number of hydrogen-bond acceptors (Lipinski definition) is 1. The Hall–Kier alpha value is -0.520. The number of nitrogens with zero attached hydrogens (tertiary/aromatic N) is 1. The van der Waals surface area contributed by atoms with Crippen LogP contribution in [-0.2, 0) is 6.42 Å². The van der Waals surface area contributed by atoms with Gasteiger partial charge in [-0.1, -0.05) is 33.6 Å². The van der Waals surface area contributed by atoms with E-state index in [1.165, 1.54) is 0 Å². The molecule has 3 heteroatoms. The molecule has 0 fully saturated rings. The van der Waals surface area contributed by atoms with Gasteiger partial charge in [-0.2, -0.15) is 5.26 Å². The van der Waals surface area contributed by atoms with E-state index in [0.29, 0.717) is 11.4 Å². The standard InChI is InChI=1S/C8H5BrClN/c9-8-5-7(10)2-1-6(8)3-4-11/h1-2,5H,3H2. The lowest BCUT2D eigenvalue weighted by Gasteiger charge is -1.98. The van der Waals surface area contributed by atoms with E-state index in [1.54, 1.807) is 12.1 Å². The summed E-state index contributed by atoms with van der Waals surface area (Å²) in [6.45, 7) is 0. The Morgan fingerprint density at radius 3 is 2.82 bits per heavy atom. The first-order valence-electron chi connectivity index (χ1n) is 3.05. The summed E-state index contributed by atoms with van der Waals surface area (Å²) < 4.78 is 0.895. The molecule has 1 rings (SSSR count). The Balaban J connectivity index is 3.01. The zero-order chi connectivity index (χ0) is 8.27. The maximum absolute atomic E-state index is 8.41. The number of halogens is 2. The molecule has 0 bridgehead atoms. The third-order valence-electron chi connectivity index (χ3n) is 1.28. The van der Waals surface area contributed by atoms with Crippen LogP contribution in [0.3, 0.4) is 0 Å². The molecule has 1 aromatic rings. The summed E-state index contributed by atoms with van der Waals surface area (Å²) in [6.07, 6.45) is 0.414. The van der Waals surface area contributed by atoms with Crippen molar-refractivity contribution in [3.05, 3.63) is 33.3 Å². The number of rotatable bonds is 1. The van der Waals surface area contributed by atoms with Crippen LogP contribution in [0.15, 0.2) is 22.7 Å². The summed E-state index contributed by atoms with van der Waals surface area (Å²) in [6, 6.07) is 7.48. The highest BCUT2D eigenvalue weighted by Gasteiger charge is 1.98. The van der Waals surface area contributed by atoms with Gasteiger partial charge in [-0.25, -0.2) is 0 Å². The lowest BCUT2D eigenvalue weighted by molar-refractivity contribution is 1.25. The highest BCUT2D eigenvalue weighted by molar-refractivity contribution is 9.10. The Kier molecular flexibility index (Phi) is 2.92. The van der Waals surface area contributed by atoms with Crippen LogP contribution in [-0.4, -0.2) is 0 Å². The van der Waals surface area contributed by atoms with Crippen molar-refractivity contribution >= 4 is 27.5 Å². The van der Waals surface area contributed by atoms with Crippen LogP contribution >= 0.6 is 27.5 Å². The van der Waals surface area contributed by atoms with E-state index >= 15 is 0 Å².